The van der Waals surface area contributed by atoms with E-state index in [2.05, 4.69) is 339 Å². The second-order valence-corrected chi connectivity index (χ2v) is 32.6. The molecule has 11 aromatic carbocycles. The molecule has 1 aliphatic carbocycles. The van der Waals surface area contributed by atoms with Crippen molar-refractivity contribution in [2.24, 2.45) is 9.98 Å². The first kappa shape index (κ1) is 72.3. The molecule has 3 aliphatic rings. The lowest BCUT2D eigenvalue weighted by atomic mass is 9.70. The minimum atomic E-state index is -0.0256. The Balaban J connectivity index is 0.750. The second-order valence-electron chi connectivity index (χ2n) is 32.6. The van der Waals surface area contributed by atoms with Gasteiger partial charge in [-0.2, -0.15) is 0 Å². The molecule has 8 heteroatoms. The molecule has 6 heterocycles. The number of hydrogen-bond donors (Lipinski definition) is 0. The predicted molar refractivity (Wildman–Crippen MR) is 478 cm³/mol. The van der Waals surface area contributed by atoms with E-state index in [1.165, 1.54) is 194 Å². The number of benzene rings is 11. The molecule has 4 unspecified atom stereocenters. The number of rotatable bonds is 12. The van der Waals surface area contributed by atoms with E-state index in [1.807, 2.05) is 6.92 Å². The molecule has 15 aromatic rings. The fourth-order valence-electron chi connectivity index (χ4n) is 20.2. The molecular weight excluding hydrogens is 1370 g/mol. The number of allylic oxidation sites excluding steroid dienone is 2. The number of fused-ring (bicyclic) bond motifs is 8. The van der Waals surface area contributed by atoms with Crippen molar-refractivity contribution in [2.75, 3.05) is 4.90 Å². The van der Waals surface area contributed by atoms with E-state index in [-0.39, 0.29) is 23.9 Å². The van der Waals surface area contributed by atoms with Crippen LogP contribution in [0.3, 0.4) is 0 Å². The van der Waals surface area contributed by atoms with Gasteiger partial charge in [0.05, 0.1) is 12.1 Å². The van der Waals surface area contributed by atoms with Gasteiger partial charge in [-0.25, -0.2) is 15.0 Å². The summed E-state index contributed by atoms with van der Waals surface area (Å²) in [5, 5.41) is 7.27. The van der Waals surface area contributed by atoms with Crippen molar-refractivity contribution in [2.45, 2.75) is 155 Å². The Morgan fingerprint density at radius 2 is 0.867 bits per heavy atom. The standard InChI is InChI=1S/C105H96N8/c1-19-112-94-41-39-78(52-92(94)93-53-90(79-24-20-26-81(47-79)96-56(2)42-58(4)108-68(96)14)91(54-95(93)112)80-25-21-27-82(48-80)97-57(3)43-59(5)109-69(97)15)77-37-33-73-32-35-75(44-87(73)45-77)76-36-34-74-38-40-89(51-88(74)46-76)113-104-64(10)60(6)62(8)98(83-28-22-30-85(49-83)100-66(12)106-55-107-67(100)13)102(104)103-99(63(9)61(7)65(11)105(103)113)84-29-23-31-86(50-84)101-70(16)110-72(18)111-71(101)17/h20-55,66,100,102,104H,19H2,1-18H3. The maximum absolute atomic E-state index is 4.96. The lowest BCUT2D eigenvalue weighted by molar-refractivity contribution is 0.682. The van der Waals surface area contributed by atoms with Gasteiger partial charge >= 0.3 is 0 Å². The molecule has 0 bridgehead atoms. The average Bonchev–Trinajstić information content (AvgIpc) is 1.54. The van der Waals surface area contributed by atoms with Gasteiger partial charge < -0.3 is 9.47 Å². The van der Waals surface area contributed by atoms with E-state index < -0.39 is 0 Å². The topological polar surface area (TPSA) is 84.5 Å². The van der Waals surface area contributed by atoms with Crippen molar-refractivity contribution in [1.29, 1.82) is 0 Å². The van der Waals surface area contributed by atoms with Crippen LogP contribution in [-0.4, -0.2) is 48.6 Å². The first-order chi connectivity index (χ1) is 54.5. The van der Waals surface area contributed by atoms with Crippen LogP contribution in [0.25, 0.3) is 138 Å². The van der Waals surface area contributed by atoms with E-state index >= 15 is 0 Å². The molecule has 556 valence electrons. The third kappa shape index (κ3) is 12.1. The first-order valence-corrected chi connectivity index (χ1v) is 40.2. The lowest BCUT2D eigenvalue weighted by Crippen LogP contribution is -2.35. The molecule has 0 amide bonds. The van der Waals surface area contributed by atoms with Gasteiger partial charge in [-0.05, 0) is 370 Å². The minimum absolute atomic E-state index is 0.0234. The van der Waals surface area contributed by atoms with Gasteiger partial charge in [0.15, 0.2) is 0 Å². The third-order valence-electron chi connectivity index (χ3n) is 25.6. The van der Waals surface area contributed by atoms with Crippen LogP contribution in [0.5, 0.6) is 0 Å². The molecule has 0 radical (unpaired) electrons. The Hall–Kier alpha value is -12.3. The highest BCUT2D eigenvalue weighted by Gasteiger charge is 2.49. The van der Waals surface area contributed by atoms with Crippen molar-refractivity contribution in [3.05, 3.63) is 314 Å². The van der Waals surface area contributed by atoms with Crippen molar-refractivity contribution >= 4 is 72.3 Å². The van der Waals surface area contributed by atoms with Gasteiger partial charge in [-0.3, -0.25) is 15.0 Å². The zero-order chi connectivity index (χ0) is 78.4. The highest BCUT2D eigenvalue weighted by atomic mass is 15.2. The summed E-state index contributed by atoms with van der Waals surface area (Å²) in [6.45, 7) is 40.8. The number of aromatic nitrogens is 5. The Morgan fingerprint density at radius 1 is 0.372 bits per heavy atom. The Kier molecular flexibility index (Phi) is 17.8. The molecule has 0 N–H and O–H groups in total. The highest BCUT2D eigenvalue weighted by molar-refractivity contribution is 6.13. The molecular formula is C105H96N8. The fraction of sp³-hybridized carbons (Fsp3) is 0.219. The Morgan fingerprint density at radius 3 is 1.45 bits per heavy atom. The summed E-state index contributed by atoms with van der Waals surface area (Å²) in [5.74, 6) is 0.849. The average molecular weight is 1470 g/mol. The van der Waals surface area contributed by atoms with Gasteiger partial charge in [0.25, 0.3) is 0 Å². The molecule has 0 spiro atoms. The Bertz CT molecular complexity index is 6650. The predicted octanol–water partition coefficient (Wildman–Crippen LogP) is 27.1. The van der Waals surface area contributed by atoms with E-state index in [0.717, 1.165) is 68.9 Å². The minimum Gasteiger partial charge on any atom is -0.341 e. The van der Waals surface area contributed by atoms with E-state index in [0.29, 0.717) is 0 Å². The maximum Gasteiger partial charge on any atom is 0.125 e. The number of anilines is 2. The summed E-state index contributed by atoms with van der Waals surface area (Å²) in [4.78, 5) is 32.1. The molecule has 4 aromatic heterocycles. The first-order valence-electron chi connectivity index (χ1n) is 40.2. The summed E-state index contributed by atoms with van der Waals surface area (Å²) in [6.07, 6.45) is 1.74. The van der Waals surface area contributed by atoms with Crippen molar-refractivity contribution in [1.82, 2.24) is 24.5 Å². The van der Waals surface area contributed by atoms with E-state index in [9.17, 15) is 0 Å². The van der Waals surface area contributed by atoms with Crippen LogP contribution >= 0.6 is 0 Å². The summed E-state index contributed by atoms with van der Waals surface area (Å²) in [6, 6.07) is 81.6. The SMILES string of the molecule is CCn1c2ccc(-c3ccc4ccc(-c5ccc6ccc(N7c8c(C)c(C)c(C)c(-c9cccc(-c%10c(C)nc(C)nc%10C)c9)c8C8C(c9cccc(C%10C(C)=NC=NC%10C)c9)=C(C)C(C)=C(C)C87)cc6c5)cc4c3)cc2c2cc(-c3cccc(-c4c(C)cc(C)nc4C)c3)c(-c3cccc(-c4c(C)cc(C)nc4C)c3)cc21. The second kappa shape index (κ2) is 27.9. The number of pyridine rings is 2. The van der Waals surface area contributed by atoms with Crippen LogP contribution < -0.4 is 4.90 Å². The van der Waals surface area contributed by atoms with Gasteiger partial charge in [0.1, 0.15) is 12.2 Å². The van der Waals surface area contributed by atoms with Crippen LogP contribution in [0.4, 0.5) is 11.4 Å². The number of aryl methyl sites for hydroxylation is 10. The van der Waals surface area contributed by atoms with Gasteiger partial charge in [0.2, 0.25) is 0 Å². The monoisotopic (exact) mass is 1470 g/mol. The van der Waals surface area contributed by atoms with Crippen molar-refractivity contribution in [3.63, 3.8) is 0 Å². The third-order valence-corrected chi connectivity index (χ3v) is 25.6. The van der Waals surface area contributed by atoms with Crippen LogP contribution in [0.1, 0.15) is 138 Å². The highest BCUT2D eigenvalue weighted by Crippen LogP contribution is 2.62. The largest absolute Gasteiger partial charge is 0.341 e. The maximum atomic E-state index is 4.96. The molecule has 0 fully saturated rings. The van der Waals surface area contributed by atoms with Crippen LogP contribution in [0.15, 0.2) is 239 Å². The number of aliphatic imine (C=N–C) groups is 2. The van der Waals surface area contributed by atoms with Crippen LogP contribution in [0, 0.1) is 83.1 Å². The smallest absolute Gasteiger partial charge is 0.125 e. The zero-order valence-electron chi connectivity index (χ0n) is 68.4. The number of nitrogens with zero attached hydrogens (tertiary/aromatic N) is 8. The molecule has 18 rings (SSSR count). The molecule has 4 atom stereocenters. The van der Waals surface area contributed by atoms with Crippen LogP contribution in [-0.2, 0) is 6.54 Å². The molecule has 8 nitrogen and oxygen atoms in total. The van der Waals surface area contributed by atoms with Gasteiger partial charge in [-0.1, -0.05) is 127 Å². The van der Waals surface area contributed by atoms with E-state index in [4.69, 9.17) is 29.9 Å². The number of hydrogen-bond acceptors (Lipinski definition) is 7. The lowest BCUT2D eigenvalue weighted by Gasteiger charge is -2.38. The van der Waals surface area contributed by atoms with Crippen molar-refractivity contribution < 1.29 is 0 Å². The summed E-state index contributed by atoms with van der Waals surface area (Å²) < 4.78 is 2.50. The summed E-state index contributed by atoms with van der Waals surface area (Å²) in [7, 11) is 0. The zero-order valence-corrected chi connectivity index (χ0v) is 68.4. The van der Waals surface area contributed by atoms with Gasteiger partial charge in [-0.15, -0.1) is 0 Å². The van der Waals surface area contributed by atoms with E-state index in [1.54, 1.807) is 6.34 Å². The van der Waals surface area contributed by atoms with Crippen LogP contribution in [0.2, 0.25) is 0 Å². The summed E-state index contributed by atoms with van der Waals surface area (Å²) in [5.41, 5.74) is 46.7. The Labute approximate surface area is 665 Å². The summed E-state index contributed by atoms with van der Waals surface area (Å²) >= 11 is 0. The molecule has 0 saturated carbocycles. The quantitative estimate of drug-likeness (QED) is 0.122. The normalized spacial score (nSPS) is 16.2. The van der Waals surface area contributed by atoms with Crippen molar-refractivity contribution in [3.8, 4) is 89.0 Å². The molecule has 0 saturated heterocycles. The van der Waals surface area contributed by atoms with Gasteiger partial charge in [0, 0.05) is 108 Å². The fourth-order valence-corrected chi connectivity index (χ4v) is 20.2. The molecule has 2 aliphatic heterocycles. The molecule has 113 heavy (non-hydrogen) atoms.